The Bertz CT molecular complexity index is 332. The summed E-state index contributed by atoms with van der Waals surface area (Å²) >= 11 is 11.0. The summed E-state index contributed by atoms with van der Waals surface area (Å²) in [5.74, 6) is -2.75. The molecule has 1 N–H and O–H groups in total. The predicted molar refractivity (Wildman–Crippen MR) is 59.2 cm³/mol. The molecule has 0 bridgehead atoms. The quantitative estimate of drug-likeness (QED) is 0.610. The van der Waals surface area contributed by atoms with E-state index in [1.54, 1.807) is 0 Å². The Balaban J connectivity index is 3.05. The average Bonchev–Trinajstić information content (AvgIpc) is 2.25. The van der Waals surface area contributed by atoms with E-state index in [-0.39, 0.29) is 19.0 Å². The molecule has 0 aromatic rings. The molecule has 3 atom stereocenters. The van der Waals surface area contributed by atoms with Crippen molar-refractivity contribution in [1.29, 1.82) is 0 Å². The van der Waals surface area contributed by atoms with Gasteiger partial charge < -0.3 is 4.52 Å². The highest BCUT2D eigenvalue weighted by atomic mass is 35.5. The molecule has 14 heavy (non-hydrogen) atoms. The van der Waals surface area contributed by atoms with Crippen molar-refractivity contribution >= 4 is 30.9 Å². The molecule has 0 radical (unpaired) electrons. The summed E-state index contributed by atoms with van der Waals surface area (Å²) in [6.07, 6.45) is 0.648. The second kappa shape index (κ2) is 6.31. The fourth-order valence-corrected chi connectivity index (χ4v) is 3.28. The van der Waals surface area contributed by atoms with E-state index in [1.165, 1.54) is 0 Å². The first-order valence-corrected chi connectivity index (χ1v) is 6.67. The van der Waals surface area contributed by atoms with Gasteiger partial charge >= 0.3 is 7.67 Å². The van der Waals surface area contributed by atoms with E-state index in [9.17, 15) is 4.57 Å². The van der Waals surface area contributed by atoms with Crippen LogP contribution in [0.1, 0.15) is 11.9 Å². The molecule has 1 saturated heterocycles. The van der Waals surface area contributed by atoms with Crippen molar-refractivity contribution in [2.45, 2.75) is 6.42 Å². The molecule has 0 aliphatic carbocycles. The van der Waals surface area contributed by atoms with Crippen LogP contribution in [0.4, 0.5) is 0 Å². The minimum absolute atomic E-state index is 0.0263. The molecule has 84 valence electrons. The van der Waals surface area contributed by atoms with Gasteiger partial charge in [0.05, 0.1) is 6.61 Å². The summed E-state index contributed by atoms with van der Waals surface area (Å²) in [5, 5.41) is 2.59. The van der Waals surface area contributed by atoms with Gasteiger partial charge in [-0.1, -0.05) is 0 Å². The number of hydrogen-bond acceptors (Lipinski definition) is 2. The van der Waals surface area contributed by atoms with Crippen LogP contribution in [0.15, 0.2) is 0 Å². The molecular weight excluding hydrogens is 246 g/mol. The van der Waals surface area contributed by atoms with Gasteiger partial charge in [-0.25, -0.2) is 9.76 Å². The molecule has 0 aromatic carbocycles. The topological polar surface area (TPSA) is 41.6 Å². The van der Waals surface area contributed by atoms with E-state index in [2.05, 4.69) is 5.09 Å². The lowest BCUT2D eigenvalue weighted by atomic mass is 10.5. The highest BCUT2D eigenvalue weighted by molar-refractivity contribution is 7.54. The molecule has 1 heterocycles. The van der Waals surface area contributed by atoms with E-state index < -0.39 is 20.0 Å². The Morgan fingerprint density at radius 3 is 3.07 bits per heavy atom. The summed E-state index contributed by atoms with van der Waals surface area (Å²) < 4.78 is 48.4. The van der Waals surface area contributed by atoms with Gasteiger partial charge in [0.1, 0.15) is 0 Å². The zero-order chi connectivity index (χ0) is 14.0. The van der Waals surface area contributed by atoms with Crippen LogP contribution in [0.2, 0.25) is 0 Å². The van der Waals surface area contributed by atoms with Gasteiger partial charge in [0, 0.05) is 36.8 Å². The van der Waals surface area contributed by atoms with Gasteiger partial charge in [-0.05, 0) is 6.42 Å². The lowest BCUT2D eigenvalue weighted by Crippen LogP contribution is -2.35. The summed E-state index contributed by atoms with van der Waals surface area (Å²) in [6.45, 7) is -2.21. The minimum atomic E-state index is -3.66. The maximum atomic E-state index is 12.5. The predicted octanol–water partition coefficient (Wildman–Crippen LogP) is 1.88. The van der Waals surface area contributed by atoms with Gasteiger partial charge in [0.15, 0.2) is 0 Å². The average molecular weight is 267 g/mol. The second-order valence-corrected chi connectivity index (χ2v) is 5.30. The van der Waals surface area contributed by atoms with Crippen LogP contribution in [0.25, 0.3) is 0 Å². The van der Waals surface area contributed by atoms with Crippen molar-refractivity contribution in [3.05, 3.63) is 0 Å². The number of halogens is 2. The summed E-state index contributed by atoms with van der Waals surface area (Å²) in [7, 11) is -3.66. The van der Waals surface area contributed by atoms with E-state index in [1.807, 2.05) is 0 Å². The molecular formula is C7H15Cl2N2O2P. The monoisotopic (exact) mass is 266 g/mol. The van der Waals surface area contributed by atoms with Crippen LogP contribution in [0.3, 0.4) is 0 Å². The summed E-state index contributed by atoms with van der Waals surface area (Å²) in [6, 6.07) is 0. The SMILES string of the molecule is [2H]C([3H])(Cl)C([2H])([3H])N(CCCl)P1(=O)NCCCO1. The van der Waals surface area contributed by atoms with Crippen molar-refractivity contribution in [3.63, 3.8) is 0 Å². The summed E-state index contributed by atoms with van der Waals surface area (Å²) in [4.78, 5) is 0. The number of alkyl halides is 2. The molecule has 0 aromatic heterocycles. The molecule has 3 unspecified atom stereocenters. The Hall–Kier alpha value is 0.690. The first kappa shape index (κ1) is 7.88. The van der Waals surface area contributed by atoms with Crippen LogP contribution in [0, 0.1) is 0 Å². The van der Waals surface area contributed by atoms with Gasteiger partial charge in [-0.15, -0.1) is 23.2 Å². The third kappa shape index (κ3) is 3.37. The molecule has 7 heteroatoms. The van der Waals surface area contributed by atoms with Crippen molar-refractivity contribution in [1.82, 2.24) is 9.76 Å². The first-order chi connectivity index (χ1) is 8.15. The van der Waals surface area contributed by atoms with Crippen LogP contribution >= 0.6 is 30.9 Å². The molecule has 1 fully saturated rings. The Labute approximate surface area is 100 Å². The molecule has 1 aliphatic rings. The van der Waals surface area contributed by atoms with E-state index in [0.29, 0.717) is 13.0 Å². The van der Waals surface area contributed by atoms with Gasteiger partial charge in [0.2, 0.25) is 0 Å². The van der Waals surface area contributed by atoms with Crippen LogP contribution in [0.5, 0.6) is 0 Å². The van der Waals surface area contributed by atoms with Crippen molar-refractivity contribution in [2.24, 2.45) is 0 Å². The number of nitrogens with one attached hydrogen (secondary N) is 1. The van der Waals surface area contributed by atoms with Crippen LogP contribution < -0.4 is 5.09 Å². The lowest BCUT2D eigenvalue weighted by Gasteiger charge is -2.33. The van der Waals surface area contributed by atoms with Gasteiger partial charge in [-0.2, -0.15) is 0 Å². The molecule has 4 nitrogen and oxygen atoms in total. The maximum absolute atomic E-state index is 12.5. The zero-order valence-electron chi connectivity index (χ0n) is 11.5. The molecule has 1 aliphatic heterocycles. The highest BCUT2D eigenvalue weighted by Gasteiger charge is 2.32. The summed E-state index contributed by atoms with van der Waals surface area (Å²) in [5.41, 5.74) is 0. The van der Waals surface area contributed by atoms with Crippen LogP contribution in [-0.2, 0) is 9.09 Å². The zero-order valence-corrected chi connectivity index (χ0v) is 9.91. The minimum Gasteiger partial charge on any atom is -0.306 e. The Morgan fingerprint density at radius 2 is 2.57 bits per heavy atom. The number of nitrogens with zero attached hydrogens (tertiary/aromatic N) is 1. The number of hydrogen-bond donors (Lipinski definition) is 1. The van der Waals surface area contributed by atoms with Crippen molar-refractivity contribution in [2.75, 3.05) is 37.9 Å². The maximum Gasteiger partial charge on any atom is 0.343 e. The Kier molecular flexibility index (Phi) is 3.55. The van der Waals surface area contributed by atoms with Gasteiger partial charge in [-0.3, -0.25) is 4.57 Å². The van der Waals surface area contributed by atoms with E-state index >= 15 is 0 Å². The fourth-order valence-electron chi connectivity index (χ4n) is 1.06. The third-order valence-corrected chi connectivity index (χ3v) is 4.03. The van der Waals surface area contributed by atoms with Crippen molar-refractivity contribution in [3.8, 4) is 0 Å². The molecule has 0 spiro atoms. The highest BCUT2D eigenvalue weighted by Crippen LogP contribution is 2.47. The molecule has 0 saturated carbocycles. The van der Waals surface area contributed by atoms with E-state index in [0.717, 1.165) is 4.67 Å². The second-order valence-electron chi connectivity index (χ2n) is 2.63. The third-order valence-electron chi connectivity index (χ3n) is 1.68. The standard InChI is InChI=1S/C7H15Cl2N2O2P/c8-2-5-11(6-3-9)14(12)10-4-1-7-13-14/h1-7H2,(H,10,12)/i2TD,5TD. The van der Waals surface area contributed by atoms with Crippen LogP contribution in [-0.4, -0.2) is 42.6 Å². The van der Waals surface area contributed by atoms with E-state index in [4.69, 9.17) is 33.2 Å². The number of rotatable bonds is 5. The Morgan fingerprint density at radius 1 is 1.79 bits per heavy atom. The lowest BCUT2D eigenvalue weighted by molar-refractivity contribution is 0.233. The largest absolute Gasteiger partial charge is 0.343 e. The normalized spacial score (nSPS) is 41.4. The smallest absolute Gasteiger partial charge is 0.306 e. The molecule has 0 amide bonds. The van der Waals surface area contributed by atoms with Crippen molar-refractivity contribution < 1.29 is 14.6 Å². The van der Waals surface area contributed by atoms with Gasteiger partial charge in [0.25, 0.3) is 0 Å². The fraction of sp³-hybridized carbons (Fsp3) is 1.00. The molecule has 1 rings (SSSR count). The first-order valence-electron chi connectivity index (χ1n) is 6.18.